The van der Waals surface area contributed by atoms with E-state index in [1.165, 1.54) is 31.9 Å². The summed E-state index contributed by atoms with van der Waals surface area (Å²) in [6, 6.07) is 5.54. The number of piperidine rings is 1. The van der Waals surface area contributed by atoms with Crippen LogP contribution in [0.1, 0.15) is 37.9 Å². The second kappa shape index (κ2) is 5.70. The summed E-state index contributed by atoms with van der Waals surface area (Å²) in [5, 5.41) is 9.89. The molecule has 1 N–H and O–H groups in total. The zero-order valence-corrected chi connectivity index (χ0v) is 12.1. The summed E-state index contributed by atoms with van der Waals surface area (Å²) in [6.45, 7) is 5.60. The number of fused-ring (bicyclic) bond motifs is 1. The average Bonchev–Trinajstić information content (AvgIpc) is 2.46. The number of halogens is 1. The molecule has 2 fully saturated rings. The summed E-state index contributed by atoms with van der Waals surface area (Å²) in [4.78, 5) is 4.66. The van der Waals surface area contributed by atoms with Crippen molar-refractivity contribution in [3.63, 3.8) is 0 Å². The second-order valence-electron chi connectivity index (χ2n) is 5.99. The van der Waals surface area contributed by atoms with Gasteiger partial charge in [0.25, 0.3) is 0 Å². The zero-order chi connectivity index (χ0) is 14.1. The Balaban J connectivity index is 1.86. The number of para-hydroxylation sites is 1. The fourth-order valence-corrected chi connectivity index (χ4v) is 3.56. The van der Waals surface area contributed by atoms with Gasteiger partial charge in [0.1, 0.15) is 5.82 Å². The molecule has 0 aromatic heterocycles. The number of aliphatic hydroxyl groups excluding tert-OH is 1. The molecular formula is C16H23FN2O. The van der Waals surface area contributed by atoms with Crippen molar-refractivity contribution in [2.75, 3.05) is 31.1 Å². The predicted octanol–water partition coefficient (Wildman–Crippen LogP) is 2.55. The van der Waals surface area contributed by atoms with Crippen molar-refractivity contribution >= 4 is 5.69 Å². The van der Waals surface area contributed by atoms with Crippen molar-refractivity contribution in [1.29, 1.82) is 0 Å². The first-order chi connectivity index (χ1) is 9.66. The van der Waals surface area contributed by atoms with Gasteiger partial charge in [-0.3, -0.25) is 4.90 Å². The van der Waals surface area contributed by atoms with E-state index in [1.807, 2.05) is 6.07 Å². The summed E-state index contributed by atoms with van der Waals surface area (Å²) < 4.78 is 14.3. The van der Waals surface area contributed by atoms with Gasteiger partial charge in [0.15, 0.2) is 0 Å². The first kappa shape index (κ1) is 13.8. The van der Waals surface area contributed by atoms with Crippen molar-refractivity contribution in [3.05, 3.63) is 29.6 Å². The van der Waals surface area contributed by atoms with Crippen LogP contribution >= 0.6 is 0 Å². The van der Waals surface area contributed by atoms with Gasteiger partial charge in [0.2, 0.25) is 0 Å². The van der Waals surface area contributed by atoms with Crippen LogP contribution in [0.25, 0.3) is 0 Å². The Kier molecular flexibility index (Phi) is 3.94. The highest BCUT2D eigenvalue weighted by molar-refractivity contribution is 5.56. The van der Waals surface area contributed by atoms with Crippen molar-refractivity contribution in [1.82, 2.24) is 4.90 Å². The summed E-state index contributed by atoms with van der Waals surface area (Å²) >= 11 is 0. The third-order valence-corrected chi connectivity index (χ3v) is 4.62. The number of hydrogen-bond donors (Lipinski definition) is 1. The monoisotopic (exact) mass is 278 g/mol. The molecule has 3 nitrogen and oxygen atoms in total. The molecule has 0 spiro atoms. The lowest BCUT2D eigenvalue weighted by atomic mass is 9.98. The van der Waals surface area contributed by atoms with Gasteiger partial charge < -0.3 is 10.0 Å². The van der Waals surface area contributed by atoms with Crippen LogP contribution in [0.4, 0.5) is 10.1 Å². The molecule has 2 saturated heterocycles. The maximum absolute atomic E-state index is 14.3. The smallest absolute Gasteiger partial charge is 0.146 e. The Morgan fingerprint density at radius 3 is 2.90 bits per heavy atom. The first-order valence-electron chi connectivity index (χ1n) is 7.62. The van der Waals surface area contributed by atoms with Crippen LogP contribution in [-0.2, 0) is 0 Å². The molecule has 0 saturated carbocycles. The lowest BCUT2D eigenvalue weighted by Crippen LogP contribution is -2.55. The molecule has 2 atom stereocenters. The highest BCUT2D eigenvalue weighted by Gasteiger charge is 2.31. The Labute approximate surface area is 120 Å². The van der Waals surface area contributed by atoms with Gasteiger partial charge in [-0.15, -0.1) is 0 Å². The molecule has 1 aromatic rings. The van der Waals surface area contributed by atoms with E-state index in [1.54, 1.807) is 13.0 Å². The number of benzene rings is 1. The number of piperazine rings is 1. The standard InChI is InChI=1S/C16H23FN2O/c1-12(20)14-6-4-7-15(17)16(14)19-10-9-18-8-3-2-5-13(18)11-19/h4,6-7,12-13,20H,2-3,5,8-11H2,1H3/t12-,13?/m0/s1. The second-order valence-corrected chi connectivity index (χ2v) is 5.99. The molecule has 0 radical (unpaired) electrons. The first-order valence-corrected chi connectivity index (χ1v) is 7.62. The maximum atomic E-state index is 14.3. The molecule has 2 heterocycles. The minimum atomic E-state index is -0.634. The average molecular weight is 278 g/mol. The molecule has 1 unspecified atom stereocenters. The molecular weight excluding hydrogens is 255 g/mol. The fraction of sp³-hybridized carbons (Fsp3) is 0.625. The van der Waals surface area contributed by atoms with Crippen LogP contribution in [0.3, 0.4) is 0 Å². The van der Waals surface area contributed by atoms with Crippen LogP contribution < -0.4 is 4.90 Å². The third-order valence-electron chi connectivity index (χ3n) is 4.62. The van der Waals surface area contributed by atoms with Crippen molar-refractivity contribution in [2.24, 2.45) is 0 Å². The van der Waals surface area contributed by atoms with Gasteiger partial charge in [-0.25, -0.2) is 4.39 Å². The van der Waals surface area contributed by atoms with E-state index in [0.717, 1.165) is 19.6 Å². The summed E-state index contributed by atoms with van der Waals surface area (Å²) in [5.41, 5.74) is 1.31. The lowest BCUT2D eigenvalue weighted by molar-refractivity contribution is 0.132. The normalized spacial score (nSPS) is 25.4. The van der Waals surface area contributed by atoms with Crippen molar-refractivity contribution in [2.45, 2.75) is 38.3 Å². The molecule has 4 heteroatoms. The highest BCUT2D eigenvalue weighted by atomic mass is 19.1. The largest absolute Gasteiger partial charge is 0.389 e. The van der Waals surface area contributed by atoms with E-state index in [0.29, 0.717) is 17.3 Å². The number of rotatable bonds is 2. The SMILES string of the molecule is C[C@H](O)c1cccc(F)c1N1CCN2CCCCC2C1. The van der Waals surface area contributed by atoms with Gasteiger partial charge in [0.05, 0.1) is 11.8 Å². The number of nitrogens with zero attached hydrogens (tertiary/aromatic N) is 2. The Morgan fingerprint density at radius 1 is 1.25 bits per heavy atom. The van der Waals surface area contributed by atoms with Crippen LogP contribution in [0, 0.1) is 5.82 Å². The molecule has 3 rings (SSSR count). The zero-order valence-electron chi connectivity index (χ0n) is 12.1. The van der Waals surface area contributed by atoms with E-state index >= 15 is 0 Å². The van der Waals surface area contributed by atoms with Crippen LogP contribution in [0.15, 0.2) is 18.2 Å². The molecule has 0 amide bonds. The van der Waals surface area contributed by atoms with Gasteiger partial charge in [-0.2, -0.15) is 0 Å². The fourth-order valence-electron chi connectivity index (χ4n) is 3.56. The minimum Gasteiger partial charge on any atom is -0.389 e. The predicted molar refractivity (Wildman–Crippen MR) is 78.5 cm³/mol. The molecule has 0 aliphatic carbocycles. The van der Waals surface area contributed by atoms with Gasteiger partial charge in [-0.1, -0.05) is 18.6 Å². The van der Waals surface area contributed by atoms with Crippen molar-refractivity contribution in [3.8, 4) is 0 Å². The topological polar surface area (TPSA) is 26.7 Å². The molecule has 2 aliphatic rings. The van der Waals surface area contributed by atoms with Gasteiger partial charge in [0, 0.05) is 31.2 Å². The Morgan fingerprint density at radius 2 is 2.10 bits per heavy atom. The Hall–Kier alpha value is -1.13. The summed E-state index contributed by atoms with van der Waals surface area (Å²) in [7, 11) is 0. The number of hydrogen-bond acceptors (Lipinski definition) is 3. The summed E-state index contributed by atoms with van der Waals surface area (Å²) in [6.07, 6.45) is 3.13. The van der Waals surface area contributed by atoms with Gasteiger partial charge in [-0.05, 0) is 32.4 Å². The quantitative estimate of drug-likeness (QED) is 0.900. The van der Waals surface area contributed by atoms with E-state index in [2.05, 4.69) is 9.80 Å². The summed E-state index contributed by atoms with van der Waals surface area (Å²) in [5.74, 6) is -0.215. The maximum Gasteiger partial charge on any atom is 0.146 e. The third kappa shape index (κ3) is 2.54. The van der Waals surface area contributed by atoms with Crippen LogP contribution in [0.5, 0.6) is 0 Å². The molecule has 2 aliphatic heterocycles. The van der Waals surface area contributed by atoms with Gasteiger partial charge >= 0.3 is 0 Å². The lowest BCUT2D eigenvalue weighted by Gasteiger charge is -2.45. The molecule has 0 bridgehead atoms. The van der Waals surface area contributed by atoms with E-state index < -0.39 is 6.10 Å². The number of aliphatic hydroxyl groups is 1. The van der Waals surface area contributed by atoms with Crippen LogP contribution in [0.2, 0.25) is 0 Å². The van der Waals surface area contributed by atoms with E-state index in [-0.39, 0.29) is 5.82 Å². The van der Waals surface area contributed by atoms with Crippen LogP contribution in [-0.4, -0.2) is 42.2 Å². The minimum absolute atomic E-state index is 0.215. The molecule has 110 valence electrons. The molecule has 1 aromatic carbocycles. The van der Waals surface area contributed by atoms with E-state index in [9.17, 15) is 9.50 Å². The number of anilines is 1. The molecule has 20 heavy (non-hydrogen) atoms. The van der Waals surface area contributed by atoms with E-state index in [4.69, 9.17) is 0 Å². The Bertz CT molecular complexity index is 478. The van der Waals surface area contributed by atoms with Crippen molar-refractivity contribution < 1.29 is 9.50 Å². The highest BCUT2D eigenvalue weighted by Crippen LogP contribution is 2.32.